The van der Waals surface area contributed by atoms with Crippen molar-refractivity contribution >= 4 is 11.9 Å². The van der Waals surface area contributed by atoms with Crippen molar-refractivity contribution in [2.75, 3.05) is 19.6 Å². The number of hydrogen-bond acceptors (Lipinski definition) is 3. The number of carbonyl (C=O) groups excluding carboxylic acids is 1. The molecule has 20 heavy (non-hydrogen) atoms. The van der Waals surface area contributed by atoms with Crippen LogP contribution in [0.15, 0.2) is 0 Å². The fourth-order valence-corrected chi connectivity index (χ4v) is 3.14. The van der Waals surface area contributed by atoms with E-state index >= 15 is 0 Å². The number of hydrogen-bond donors (Lipinski definition) is 2. The largest absolute Gasteiger partial charge is 0.481 e. The van der Waals surface area contributed by atoms with Gasteiger partial charge in [0.2, 0.25) is 5.91 Å². The summed E-state index contributed by atoms with van der Waals surface area (Å²) in [6, 6.07) is 0.341. The van der Waals surface area contributed by atoms with Crippen LogP contribution in [0.4, 0.5) is 0 Å². The van der Waals surface area contributed by atoms with Gasteiger partial charge in [0.1, 0.15) is 0 Å². The molecule has 114 valence electrons. The van der Waals surface area contributed by atoms with Gasteiger partial charge in [-0.3, -0.25) is 14.5 Å². The average molecular weight is 282 g/mol. The number of rotatable bonds is 5. The van der Waals surface area contributed by atoms with Crippen molar-refractivity contribution in [3.63, 3.8) is 0 Å². The zero-order valence-electron chi connectivity index (χ0n) is 12.5. The number of likely N-dealkylation sites (tertiary alicyclic amines) is 1. The second kappa shape index (κ2) is 6.57. The summed E-state index contributed by atoms with van der Waals surface area (Å²) in [7, 11) is 0. The quantitative estimate of drug-likeness (QED) is 0.798. The van der Waals surface area contributed by atoms with Crippen LogP contribution in [0, 0.1) is 17.8 Å². The van der Waals surface area contributed by atoms with Crippen molar-refractivity contribution in [3.05, 3.63) is 0 Å². The van der Waals surface area contributed by atoms with Gasteiger partial charge in [-0.15, -0.1) is 0 Å². The molecule has 1 atom stereocenters. The van der Waals surface area contributed by atoms with E-state index < -0.39 is 5.97 Å². The topological polar surface area (TPSA) is 69.6 Å². The molecule has 1 aliphatic heterocycles. The summed E-state index contributed by atoms with van der Waals surface area (Å²) in [6.45, 7) is 5.87. The highest BCUT2D eigenvalue weighted by molar-refractivity contribution is 5.78. The number of nitrogens with zero attached hydrogens (tertiary/aromatic N) is 1. The molecule has 2 rings (SSSR count). The van der Waals surface area contributed by atoms with Gasteiger partial charge >= 0.3 is 5.97 Å². The van der Waals surface area contributed by atoms with Gasteiger partial charge in [0.15, 0.2) is 0 Å². The van der Waals surface area contributed by atoms with Crippen LogP contribution in [0.5, 0.6) is 0 Å². The molecule has 0 aromatic carbocycles. The first-order valence-electron chi connectivity index (χ1n) is 7.70. The van der Waals surface area contributed by atoms with E-state index in [2.05, 4.69) is 12.2 Å². The zero-order valence-corrected chi connectivity index (χ0v) is 12.5. The molecule has 2 fully saturated rings. The molecular formula is C15H26N2O3. The first kappa shape index (κ1) is 15.3. The van der Waals surface area contributed by atoms with Crippen molar-refractivity contribution in [2.24, 2.45) is 17.8 Å². The molecule has 5 nitrogen and oxygen atoms in total. The van der Waals surface area contributed by atoms with E-state index in [1.165, 1.54) is 12.8 Å². The Hall–Kier alpha value is -1.10. The second-order valence-electron chi connectivity index (χ2n) is 6.61. The highest BCUT2D eigenvalue weighted by atomic mass is 16.4. The monoisotopic (exact) mass is 282 g/mol. The lowest BCUT2D eigenvalue weighted by molar-refractivity contribution is -0.145. The highest BCUT2D eigenvalue weighted by Gasteiger charge is 2.35. The first-order valence-corrected chi connectivity index (χ1v) is 7.70. The lowest BCUT2D eigenvalue weighted by Gasteiger charge is -2.41. The smallest absolute Gasteiger partial charge is 0.306 e. The Kier molecular flexibility index (Phi) is 5.02. The van der Waals surface area contributed by atoms with Crippen molar-refractivity contribution in [3.8, 4) is 0 Å². The molecule has 0 aromatic heterocycles. The van der Waals surface area contributed by atoms with Crippen LogP contribution >= 0.6 is 0 Å². The zero-order chi connectivity index (χ0) is 14.7. The third-order valence-electron chi connectivity index (χ3n) is 4.83. The molecule has 0 aromatic rings. The molecule has 5 heteroatoms. The van der Waals surface area contributed by atoms with Crippen LogP contribution in [0.3, 0.4) is 0 Å². The predicted molar refractivity (Wildman–Crippen MR) is 76.3 cm³/mol. The maximum Gasteiger partial charge on any atom is 0.306 e. The third-order valence-corrected chi connectivity index (χ3v) is 4.83. The summed E-state index contributed by atoms with van der Waals surface area (Å²) in [5, 5.41) is 12.0. The van der Waals surface area contributed by atoms with Gasteiger partial charge in [-0.25, -0.2) is 0 Å². The molecule has 2 N–H and O–H groups in total. The minimum atomic E-state index is -0.740. The van der Waals surface area contributed by atoms with Gasteiger partial charge in [-0.2, -0.15) is 0 Å². The standard InChI is InChI=1S/C15H26N2O3/c1-10-3-5-13(6-4-10)16-14(18)9-17-7-12(8-17)11(2)15(19)20/h10-13H,3-9H2,1-2H3,(H,16,18)(H,19,20). The molecule has 0 radical (unpaired) electrons. The maximum atomic E-state index is 11.9. The molecule has 1 amide bonds. The van der Waals surface area contributed by atoms with E-state index in [9.17, 15) is 9.59 Å². The number of amides is 1. The lowest BCUT2D eigenvalue weighted by Crippen LogP contribution is -2.54. The molecule has 1 saturated carbocycles. The summed E-state index contributed by atoms with van der Waals surface area (Å²) in [5.41, 5.74) is 0. The molecule has 0 bridgehead atoms. The Morgan fingerprint density at radius 2 is 1.85 bits per heavy atom. The molecule has 2 aliphatic rings. The minimum absolute atomic E-state index is 0.0889. The Morgan fingerprint density at radius 1 is 1.25 bits per heavy atom. The molecule has 1 saturated heterocycles. The minimum Gasteiger partial charge on any atom is -0.481 e. The van der Waals surface area contributed by atoms with Crippen LogP contribution in [-0.2, 0) is 9.59 Å². The molecule has 0 spiro atoms. The number of carboxylic acid groups (broad SMARTS) is 1. The Balaban J connectivity index is 1.63. The van der Waals surface area contributed by atoms with Gasteiger partial charge < -0.3 is 10.4 Å². The average Bonchev–Trinajstić information content (AvgIpc) is 2.35. The van der Waals surface area contributed by atoms with Crippen LogP contribution in [0.2, 0.25) is 0 Å². The van der Waals surface area contributed by atoms with E-state index in [1.807, 2.05) is 4.90 Å². The van der Waals surface area contributed by atoms with Gasteiger partial charge in [-0.1, -0.05) is 13.8 Å². The summed E-state index contributed by atoms with van der Waals surface area (Å²) in [6.07, 6.45) is 4.58. The maximum absolute atomic E-state index is 11.9. The van der Waals surface area contributed by atoms with Crippen molar-refractivity contribution < 1.29 is 14.7 Å². The van der Waals surface area contributed by atoms with Crippen LogP contribution in [0.25, 0.3) is 0 Å². The van der Waals surface area contributed by atoms with Gasteiger partial charge in [0, 0.05) is 19.1 Å². The Bertz CT molecular complexity index is 358. The van der Waals surface area contributed by atoms with E-state index in [0.29, 0.717) is 12.6 Å². The van der Waals surface area contributed by atoms with Crippen molar-refractivity contribution in [2.45, 2.75) is 45.6 Å². The Morgan fingerprint density at radius 3 is 2.40 bits per heavy atom. The Labute approximate surface area is 120 Å². The third kappa shape index (κ3) is 3.95. The lowest BCUT2D eigenvalue weighted by atomic mass is 9.86. The summed E-state index contributed by atoms with van der Waals surface area (Å²) in [5.74, 6) is 0.0168. The number of carbonyl (C=O) groups is 2. The number of carboxylic acids is 1. The van der Waals surface area contributed by atoms with Crippen LogP contribution in [0.1, 0.15) is 39.5 Å². The highest BCUT2D eigenvalue weighted by Crippen LogP contribution is 2.25. The van der Waals surface area contributed by atoms with Crippen LogP contribution < -0.4 is 5.32 Å². The van der Waals surface area contributed by atoms with Gasteiger partial charge in [0.05, 0.1) is 12.5 Å². The fourth-order valence-electron chi connectivity index (χ4n) is 3.14. The molecular weight excluding hydrogens is 256 g/mol. The second-order valence-corrected chi connectivity index (χ2v) is 6.61. The number of aliphatic carboxylic acids is 1. The van der Waals surface area contributed by atoms with Gasteiger partial charge in [0.25, 0.3) is 0 Å². The first-order chi connectivity index (χ1) is 9.45. The van der Waals surface area contributed by atoms with Crippen molar-refractivity contribution in [1.82, 2.24) is 10.2 Å². The fraction of sp³-hybridized carbons (Fsp3) is 0.867. The summed E-state index contributed by atoms with van der Waals surface area (Å²) < 4.78 is 0. The molecule has 1 unspecified atom stereocenters. The van der Waals surface area contributed by atoms with Crippen molar-refractivity contribution in [1.29, 1.82) is 0 Å². The van der Waals surface area contributed by atoms with Crippen LogP contribution in [-0.4, -0.2) is 47.6 Å². The predicted octanol–water partition coefficient (Wildman–Crippen LogP) is 1.33. The van der Waals surface area contributed by atoms with E-state index in [-0.39, 0.29) is 17.7 Å². The summed E-state index contributed by atoms with van der Waals surface area (Å²) >= 11 is 0. The SMILES string of the molecule is CC1CCC(NC(=O)CN2CC(C(C)C(=O)O)C2)CC1. The normalized spacial score (nSPS) is 29.5. The van der Waals surface area contributed by atoms with E-state index in [1.54, 1.807) is 6.92 Å². The molecule has 1 heterocycles. The van der Waals surface area contributed by atoms with E-state index in [0.717, 1.165) is 31.8 Å². The number of nitrogens with one attached hydrogen (secondary N) is 1. The summed E-state index contributed by atoms with van der Waals surface area (Å²) in [4.78, 5) is 24.8. The molecule has 1 aliphatic carbocycles. The van der Waals surface area contributed by atoms with Gasteiger partial charge in [-0.05, 0) is 37.5 Å². The van der Waals surface area contributed by atoms with E-state index in [4.69, 9.17) is 5.11 Å².